The number of carbonyl (C=O) groups is 2. The first-order valence-corrected chi connectivity index (χ1v) is 7.47. The van der Waals surface area contributed by atoms with Gasteiger partial charge in [-0.25, -0.2) is 4.90 Å². The number of halogens is 2. The Hall–Kier alpha value is -1.14. The minimum absolute atomic E-state index is 0.194. The van der Waals surface area contributed by atoms with Gasteiger partial charge in [-0.1, -0.05) is 23.2 Å². The molecule has 2 heterocycles. The third-order valence-corrected chi connectivity index (χ3v) is 4.51. The van der Waals surface area contributed by atoms with Crippen molar-refractivity contribution in [2.45, 2.75) is 12.5 Å². The summed E-state index contributed by atoms with van der Waals surface area (Å²) in [6, 6.07) is 4.35. The lowest BCUT2D eigenvalue weighted by atomic mass is 10.2. The van der Waals surface area contributed by atoms with Crippen LogP contribution in [0.1, 0.15) is 6.42 Å². The second-order valence-corrected chi connectivity index (χ2v) is 5.85. The van der Waals surface area contributed by atoms with Gasteiger partial charge in [0, 0.05) is 13.1 Å². The standard InChI is InChI=1S/C14H14Cl2N2O3/c15-10-2-1-9(7-11(10)16)18-13(19)8-12(14(18)20)17-3-5-21-6-4-17/h1-2,7,12H,3-6,8H2/t12-/m0/s1. The molecule has 5 nitrogen and oxygen atoms in total. The van der Waals surface area contributed by atoms with Gasteiger partial charge in [-0.2, -0.15) is 0 Å². The van der Waals surface area contributed by atoms with E-state index in [4.69, 9.17) is 27.9 Å². The molecule has 0 radical (unpaired) electrons. The van der Waals surface area contributed by atoms with E-state index in [-0.39, 0.29) is 18.2 Å². The molecule has 0 bridgehead atoms. The van der Waals surface area contributed by atoms with Crippen molar-refractivity contribution in [3.05, 3.63) is 28.2 Å². The molecule has 1 atom stereocenters. The Morgan fingerprint density at radius 2 is 1.81 bits per heavy atom. The van der Waals surface area contributed by atoms with Gasteiger partial charge in [-0.05, 0) is 18.2 Å². The van der Waals surface area contributed by atoms with Crippen LogP contribution < -0.4 is 4.90 Å². The van der Waals surface area contributed by atoms with E-state index in [1.54, 1.807) is 18.2 Å². The Morgan fingerprint density at radius 1 is 1.10 bits per heavy atom. The fourth-order valence-electron chi connectivity index (χ4n) is 2.69. The van der Waals surface area contributed by atoms with E-state index in [1.165, 1.54) is 4.90 Å². The van der Waals surface area contributed by atoms with Gasteiger partial charge in [-0.3, -0.25) is 14.5 Å². The maximum absolute atomic E-state index is 12.6. The van der Waals surface area contributed by atoms with Gasteiger partial charge in [-0.15, -0.1) is 0 Å². The average Bonchev–Trinajstić information content (AvgIpc) is 2.78. The molecular formula is C14H14Cl2N2O3. The summed E-state index contributed by atoms with van der Waals surface area (Å²) < 4.78 is 5.28. The molecule has 0 aliphatic carbocycles. The first-order chi connectivity index (χ1) is 10.1. The summed E-state index contributed by atoms with van der Waals surface area (Å²) in [6.07, 6.45) is 0.194. The van der Waals surface area contributed by atoms with E-state index in [0.717, 1.165) is 0 Å². The molecule has 112 valence electrons. The van der Waals surface area contributed by atoms with Crippen LogP contribution in [0.3, 0.4) is 0 Å². The molecule has 2 aliphatic heterocycles. The highest BCUT2D eigenvalue weighted by atomic mass is 35.5. The third-order valence-electron chi connectivity index (χ3n) is 3.77. The lowest BCUT2D eigenvalue weighted by Crippen LogP contribution is -2.47. The maximum Gasteiger partial charge on any atom is 0.251 e. The summed E-state index contributed by atoms with van der Waals surface area (Å²) >= 11 is 11.8. The Balaban J connectivity index is 1.84. The predicted octanol–water partition coefficient (Wildman–Crippen LogP) is 1.96. The Labute approximate surface area is 132 Å². The topological polar surface area (TPSA) is 49.9 Å². The number of carbonyl (C=O) groups excluding carboxylic acids is 2. The average molecular weight is 329 g/mol. The molecule has 0 spiro atoms. The normalized spacial score (nSPS) is 23.9. The SMILES string of the molecule is O=C1C[C@H](N2CCOCC2)C(=O)N1c1ccc(Cl)c(Cl)c1. The zero-order valence-corrected chi connectivity index (χ0v) is 12.7. The van der Waals surface area contributed by atoms with Crippen molar-refractivity contribution in [3.63, 3.8) is 0 Å². The van der Waals surface area contributed by atoms with Crippen molar-refractivity contribution >= 4 is 40.7 Å². The number of morpholine rings is 1. The molecular weight excluding hydrogens is 315 g/mol. The van der Waals surface area contributed by atoms with Crippen LogP contribution in [-0.2, 0) is 14.3 Å². The third kappa shape index (κ3) is 2.79. The molecule has 2 amide bonds. The van der Waals surface area contributed by atoms with E-state index in [1.807, 2.05) is 4.90 Å². The molecule has 7 heteroatoms. The van der Waals surface area contributed by atoms with Crippen LogP contribution in [0.25, 0.3) is 0 Å². The van der Waals surface area contributed by atoms with Gasteiger partial charge in [0.1, 0.15) is 0 Å². The van der Waals surface area contributed by atoms with Crippen LogP contribution >= 0.6 is 23.2 Å². The highest BCUT2D eigenvalue weighted by molar-refractivity contribution is 6.42. The van der Waals surface area contributed by atoms with Crippen molar-refractivity contribution in [2.75, 3.05) is 31.2 Å². The first-order valence-electron chi connectivity index (χ1n) is 6.71. The number of rotatable bonds is 2. The smallest absolute Gasteiger partial charge is 0.251 e. The molecule has 2 saturated heterocycles. The number of hydrogen-bond donors (Lipinski definition) is 0. The fourth-order valence-corrected chi connectivity index (χ4v) is 2.98. The van der Waals surface area contributed by atoms with Gasteiger partial charge < -0.3 is 4.74 Å². The summed E-state index contributed by atoms with van der Waals surface area (Å²) in [5.74, 6) is -0.421. The second kappa shape index (κ2) is 5.93. The van der Waals surface area contributed by atoms with Gasteiger partial charge in [0.2, 0.25) is 5.91 Å². The van der Waals surface area contributed by atoms with Crippen molar-refractivity contribution in [2.24, 2.45) is 0 Å². The predicted molar refractivity (Wildman–Crippen MR) is 79.8 cm³/mol. The Bertz CT molecular complexity index is 588. The summed E-state index contributed by atoms with van der Waals surface area (Å²) in [5.41, 5.74) is 0.468. The molecule has 2 fully saturated rings. The zero-order valence-electron chi connectivity index (χ0n) is 11.2. The van der Waals surface area contributed by atoms with Crippen LogP contribution in [-0.4, -0.2) is 49.1 Å². The van der Waals surface area contributed by atoms with Crippen molar-refractivity contribution in [1.29, 1.82) is 0 Å². The Morgan fingerprint density at radius 3 is 2.48 bits per heavy atom. The minimum Gasteiger partial charge on any atom is -0.379 e. The molecule has 3 rings (SSSR count). The van der Waals surface area contributed by atoms with Crippen LogP contribution in [0, 0.1) is 0 Å². The second-order valence-electron chi connectivity index (χ2n) is 5.03. The number of imide groups is 1. The van der Waals surface area contributed by atoms with Crippen molar-refractivity contribution in [1.82, 2.24) is 4.90 Å². The fraction of sp³-hybridized carbons (Fsp3) is 0.429. The molecule has 0 saturated carbocycles. The highest BCUT2D eigenvalue weighted by Crippen LogP contribution is 2.31. The molecule has 0 N–H and O–H groups in total. The molecule has 1 aromatic rings. The number of ether oxygens (including phenoxy) is 1. The van der Waals surface area contributed by atoms with Crippen molar-refractivity contribution in [3.8, 4) is 0 Å². The lowest BCUT2D eigenvalue weighted by Gasteiger charge is -2.30. The van der Waals surface area contributed by atoms with Gasteiger partial charge >= 0.3 is 0 Å². The minimum atomic E-state index is -0.407. The van der Waals surface area contributed by atoms with Gasteiger partial charge in [0.25, 0.3) is 5.91 Å². The lowest BCUT2D eigenvalue weighted by molar-refractivity contribution is -0.123. The summed E-state index contributed by atoms with van der Waals surface area (Å²) in [6.45, 7) is 2.51. The molecule has 21 heavy (non-hydrogen) atoms. The number of nitrogens with zero attached hydrogens (tertiary/aromatic N) is 2. The summed E-state index contributed by atoms with van der Waals surface area (Å²) in [7, 11) is 0. The van der Waals surface area contributed by atoms with E-state index in [9.17, 15) is 9.59 Å². The van der Waals surface area contributed by atoms with E-state index < -0.39 is 6.04 Å². The van der Waals surface area contributed by atoms with E-state index >= 15 is 0 Å². The summed E-state index contributed by atoms with van der Waals surface area (Å²) in [5, 5.41) is 0.717. The van der Waals surface area contributed by atoms with Gasteiger partial charge in [0.05, 0.1) is 41.4 Å². The van der Waals surface area contributed by atoms with Gasteiger partial charge in [0.15, 0.2) is 0 Å². The van der Waals surface area contributed by atoms with Crippen LogP contribution in [0.15, 0.2) is 18.2 Å². The largest absolute Gasteiger partial charge is 0.379 e. The zero-order chi connectivity index (χ0) is 15.0. The highest BCUT2D eigenvalue weighted by Gasteiger charge is 2.43. The van der Waals surface area contributed by atoms with Crippen molar-refractivity contribution < 1.29 is 14.3 Å². The van der Waals surface area contributed by atoms with Crippen LogP contribution in [0.5, 0.6) is 0 Å². The van der Waals surface area contributed by atoms with Crippen LogP contribution in [0.2, 0.25) is 10.0 Å². The van der Waals surface area contributed by atoms with E-state index in [0.29, 0.717) is 42.0 Å². The maximum atomic E-state index is 12.6. The molecule has 0 unspecified atom stereocenters. The van der Waals surface area contributed by atoms with Crippen LogP contribution in [0.4, 0.5) is 5.69 Å². The number of amides is 2. The molecule has 2 aliphatic rings. The summed E-state index contributed by atoms with van der Waals surface area (Å²) in [4.78, 5) is 28.0. The number of hydrogen-bond acceptors (Lipinski definition) is 4. The molecule has 0 aromatic heterocycles. The monoisotopic (exact) mass is 328 g/mol. The van der Waals surface area contributed by atoms with E-state index in [2.05, 4.69) is 0 Å². The number of anilines is 1. The molecule has 1 aromatic carbocycles. The number of benzene rings is 1. The quantitative estimate of drug-likeness (QED) is 0.779. The first kappa shape index (κ1) is 14.8. The Kier molecular flexibility index (Phi) is 4.17.